The molecule has 1 N–H and O–H groups in total. The second-order valence-corrected chi connectivity index (χ2v) is 4.65. The van der Waals surface area contributed by atoms with E-state index in [4.69, 9.17) is 16.8 Å². The van der Waals surface area contributed by atoms with Gasteiger partial charge in [-0.25, -0.2) is 0 Å². The second-order valence-electron chi connectivity index (χ2n) is 4.24. The largest absolute Gasteiger partial charge is 0.417 e. The first kappa shape index (κ1) is 15.3. The summed E-state index contributed by atoms with van der Waals surface area (Å²) < 4.78 is 37.3. The van der Waals surface area contributed by atoms with Gasteiger partial charge in [-0.05, 0) is 18.2 Å². The van der Waals surface area contributed by atoms with E-state index in [0.29, 0.717) is 16.3 Å². The van der Waals surface area contributed by atoms with Crippen LogP contribution in [0.1, 0.15) is 16.8 Å². The van der Waals surface area contributed by atoms with Crippen molar-refractivity contribution in [2.45, 2.75) is 12.6 Å². The summed E-state index contributed by atoms with van der Waals surface area (Å²) in [6.07, 6.45) is -3.61. The lowest BCUT2D eigenvalue weighted by atomic mass is 10.0. The number of hydrogen-bond acceptors (Lipinski definition) is 3. The minimum absolute atomic E-state index is 0.0678. The van der Waals surface area contributed by atoms with Crippen LogP contribution < -0.4 is 0 Å². The van der Waals surface area contributed by atoms with Crippen LogP contribution >= 0.6 is 11.6 Å². The lowest BCUT2D eigenvalue weighted by Crippen LogP contribution is -2.10. The molecule has 0 saturated carbocycles. The molecule has 0 unspecified atom stereocenters. The highest BCUT2D eigenvalue weighted by Crippen LogP contribution is 2.28. The maximum atomic E-state index is 12.4. The summed E-state index contributed by atoms with van der Waals surface area (Å²) in [6, 6.07) is 8.89. The Kier molecular flexibility index (Phi) is 4.47. The lowest BCUT2D eigenvalue weighted by Gasteiger charge is -2.08. The Hall–Kier alpha value is -2.08. The van der Waals surface area contributed by atoms with Crippen molar-refractivity contribution in [2.24, 2.45) is 5.16 Å². The van der Waals surface area contributed by atoms with Gasteiger partial charge in [0.05, 0.1) is 11.3 Å². The number of nitrogens with zero attached hydrogens (tertiary/aromatic N) is 2. The molecule has 0 bridgehead atoms. The zero-order valence-corrected chi connectivity index (χ0v) is 11.4. The topological polar surface area (TPSA) is 45.5 Å². The summed E-state index contributed by atoms with van der Waals surface area (Å²) in [7, 11) is 0. The third kappa shape index (κ3) is 3.72. The number of pyridine rings is 1. The Balaban J connectivity index is 2.23. The predicted octanol–water partition coefficient (Wildman–Crippen LogP) is 4.17. The molecule has 110 valence electrons. The number of halogens is 4. The Labute approximate surface area is 123 Å². The van der Waals surface area contributed by atoms with Crippen LogP contribution in [0.25, 0.3) is 0 Å². The fourth-order valence-corrected chi connectivity index (χ4v) is 1.99. The number of oxime groups is 1. The van der Waals surface area contributed by atoms with Gasteiger partial charge in [-0.3, -0.25) is 4.98 Å². The number of hydrogen-bond donors (Lipinski definition) is 1. The summed E-state index contributed by atoms with van der Waals surface area (Å²) in [5.41, 5.74) is 0.249. The first-order chi connectivity index (χ1) is 9.91. The maximum absolute atomic E-state index is 12.4. The van der Waals surface area contributed by atoms with Crippen molar-refractivity contribution < 1.29 is 18.4 Å². The first-order valence-electron chi connectivity index (χ1n) is 5.90. The molecule has 0 radical (unpaired) electrons. The van der Waals surface area contributed by atoms with Gasteiger partial charge in [0, 0.05) is 28.9 Å². The summed E-state index contributed by atoms with van der Waals surface area (Å²) in [6.45, 7) is 0. The van der Waals surface area contributed by atoms with Crippen molar-refractivity contribution in [3.8, 4) is 0 Å². The van der Waals surface area contributed by atoms with Crippen molar-refractivity contribution >= 4 is 17.3 Å². The van der Waals surface area contributed by atoms with Crippen LogP contribution in [0.3, 0.4) is 0 Å². The zero-order chi connectivity index (χ0) is 15.5. The Bertz CT molecular complexity index is 654. The molecule has 1 aromatic carbocycles. The van der Waals surface area contributed by atoms with Gasteiger partial charge in [-0.15, -0.1) is 0 Å². The highest BCUT2D eigenvalue weighted by atomic mass is 35.5. The summed E-state index contributed by atoms with van der Waals surface area (Å²) >= 11 is 5.99. The molecule has 0 aliphatic carbocycles. The molecule has 1 aromatic heterocycles. The van der Waals surface area contributed by atoms with Gasteiger partial charge in [0.25, 0.3) is 0 Å². The summed E-state index contributed by atoms with van der Waals surface area (Å²) in [4.78, 5) is 3.73. The fourth-order valence-electron chi connectivity index (χ4n) is 1.75. The zero-order valence-electron chi connectivity index (χ0n) is 10.6. The van der Waals surface area contributed by atoms with Gasteiger partial charge in [-0.2, -0.15) is 13.2 Å². The molecule has 1 heterocycles. The number of aromatic nitrogens is 1. The number of rotatable bonds is 3. The highest BCUT2D eigenvalue weighted by molar-refractivity contribution is 6.34. The van der Waals surface area contributed by atoms with Gasteiger partial charge in [-0.1, -0.05) is 35.0 Å². The normalized spacial score (nSPS) is 12.5. The Morgan fingerprint density at radius 1 is 1.19 bits per heavy atom. The van der Waals surface area contributed by atoms with Crippen molar-refractivity contribution in [3.63, 3.8) is 0 Å². The molecule has 0 atom stereocenters. The molecule has 7 heteroatoms. The molecular weight excluding hydrogens is 305 g/mol. The summed E-state index contributed by atoms with van der Waals surface area (Å²) in [5, 5.41) is 12.6. The number of benzene rings is 1. The monoisotopic (exact) mass is 314 g/mol. The van der Waals surface area contributed by atoms with Crippen LogP contribution in [0, 0.1) is 0 Å². The van der Waals surface area contributed by atoms with Crippen molar-refractivity contribution in [1.82, 2.24) is 4.98 Å². The van der Waals surface area contributed by atoms with Crippen LogP contribution in [0.15, 0.2) is 47.8 Å². The van der Waals surface area contributed by atoms with Crippen molar-refractivity contribution in [2.75, 3.05) is 0 Å². The van der Waals surface area contributed by atoms with E-state index < -0.39 is 11.7 Å². The fraction of sp³-hybridized carbons (Fsp3) is 0.143. The Morgan fingerprint density at radius 3 is 2.43 bits per heavy atom. The minimum atomic E-state index is -4.43. The lowest BCUT2D eigenvalue weighted by molar-refractivity contribution is -0.137. The first-order valence-corrected chi connectivity index (χ1v) is 6.27. The SMILES string of the molecule is ON=C(Cc1ccc(C(F)(F)F)cn1)c1ccccc1Cl. The average Bonchev–Trinajstić information content (AvgIpc) is 2.45. The molecule has 0 fully saturated rings. The standard InChI is InChI=1S/C14H10ClF3N2O/c15-12-4-2-1-3-11(12)13(20-21)7-10-6-5-9(8-19-10)14(16,17)18/h1-6,8,21H,7H2. The van der Waals surface area contributed by atoms with Gasteiger partial charge in [0.1, 0.15) is 0 Å². The van der Waals surface area contributed by atoms with E-state index in [0.717, 1.165) is 12.3 Å². The van der Waals surface area contributed by atoms with Crippen LogP contribution in [0.5, 0.6) is 0 Å². The molecule has 0 aliphatic rings. The van der Waals surface area contributed by atoms with Crippen molar-refractivity contribution in [3.05, 3.63) is 64.4 Å². The smallest absolute Gasteiger partial charge is 0.411 e. The molecule has 0 amide bonds. The molecule has 3 nitrogen and oxygen atoms in total. The van der Waals surface area contributed by atoms with Gasteiger partial charge in [0.15, 0.2) is 0 Å². The molecule has 2 rings (SSSR count). The van der Waals surface area contributed by atoms with Gasteiger partial charge < -0.3 is 5.21 Å². The van der Waals surface area contributed by atoms with Crippen molar-refractivity contribution in [1.29, 1.82) is 0 Å². The van der Waals surface area contributed by atoms with E-state index in [1.54, 1.807) is 24.3 Å². The quantitative estimate of drug-likeness (QED) is 0.525. The van der Waals surface area contributed by atoms with Crippen LogP contribution in [0.2, 0.25) is 5.02 Å². The van der Waals surface area contributed by atoms with E-state index >= 15 is 0 Å². The van der Waals surface area contributed by atoms with Crippen LogP contribution in [0.4, 0.5) is 13.2 Å². The maximum Gasteiger partial charge on any atom is 0.417 e. The molecule has 0 saturated heterocycles. The average molecular weight is 315 g/mol. The molecule has 0 aliphatic heterocycles. The van der Waals surface area contributed by atoms with Crippen LogP contribution in [-0.4, -0.2) is 15.9 Å². The van der Waals surface area contributed by atoms with Gasteiger partial charge >= 0.3 is 6.18 Å². The minimum Gasteiger partial charge on any atom is -0.411 e. The third-order valence-electron chi connectivity index (χ3n) is 2.81. The highest BCUT2D eigenvalue weighted by Gasteiger charge is 2.30. The van der Waals surface area contributed by atoms with E-state index in [-0.39, 0.29) is 12.1 Å². The van der Waals surface area contributed by atoms with E-state index in [1.807, 2.05) is 0 Å². The Morgan fingerprint density at radius 2 is 1.90 bits per heavy atom. The predicted molar refractivity (Wildman–Crippen MR) is 72.7 cm³/mol. The third-order valence-corrected chi connectivity index (χ3v) is 3.14. The molecule has 21 heavy (non-hydrogen) atoms. The van der Waals surface area contributed by atoms with E-state index in [9.17, 15) is 13.2 Å². The number of alkyl halides is 3. The van der Waals surface area contributed by atoms with E-state index in [1.165, 1.54) is 6.07 Å². The summed E-state index contributed by atoms with van der Waals surface area (Å²) in [5.74, 6) is 0. The molecule has 0 spiro atoms. The molecule has 2 aromatic rings. The van der Waals surface area contributed by atoms with Crippen LogP contribution in [-0.2, 0) is 12.6 Å². The molecular formula is C14H10ClF3N2O. The second kappa shape index (κ2) is 6.13. The van der Waals surface area contributed by atoms with E-state index in [2.05, 4.69) is 10.1 Å². The van der Waals surface area contributed by atoms with Gasteiger partial charge in [0.2, 0.25) is 0 Å².